The molecule has 1 unspecified atom stereocenters. The summed E-state index contributed by atoms with van der Waals surface area (Å²) >= 11 is 0. The standard InChI is InChI=1S/C16H27NO4/c1-20-16(19)11-14-12-17(9-10-21-14)15(18)8-7-13-5-3-2-4-6-13/h13-14H,2-12H2,1H3. The van der Waals surface area contributed by atoms with Crippen LogP contribution >= 0.6 is 0 Å². The van der Waals surface area contributed by atoms with Crippen LogP contribution in [0.2, 0.25) is 0 Å². The quantitative estimate of drug-likeness (QED) is 0.730. The van der Waals surface area contributed by atoms with Crippen LogP contribution in [0.3, 0.4) is 0 Å². The highest BCUT2D eigenvalue weighted by atomic mass is 16.5. The third-order valence-corrected chi connectivity index (χ3v) is 4.60. The minimum Gasteiger partial charge on any atom is -0.469 e. The number of morpholine rings is 1. The zero-order chi connectivity index (χ0) is 15.1. The molecule has 2 aliphatic rings. The first-order valence-electron chi connectivity index (χ1n) is 8.15. The smallest absolute Gasteiger partial charge is 0.308 e. The van der Waals surface area contributed by atoms with E-state index in [0.29, 0.717) is 26.1 Å². The minimum atomic E-state index is -0.281. The van der Waals surface area contributed by atoms with E-state index in [1.54, 1.807) is 0 Å². The van der Waals surface area contributed by atoms with Crippen molar-refractivity contribution in [3.05, 3.63) is 0 Å². The number of amides is 1. The maximum Gasteiger partial charge on any atom is 0.308 e. The Hall–Kier alpha value is -1.10. The van der Waals surface area contributed by atoms with Gasteiger partial charge in [-0.2, -0.15) is 0 Å². The topological polar surface area (TPSA) is 55.8 Å². The van der Waals surface area contributed by atoms with Gasteiger partial charge in [-0.3, -0.25) is 9.59 Å². The van der Waals surface area contributed by atoms with Crippen LogP contribution < -0.4 is 0 Å². The average Bonchev–Trinajstić information content (AvgIpc) is 2.53. The zero-order valence-corrected chi connectivity index (χ0v) is 13.0. The van der Waals surface area contributed by atoms with E-state index in [-0.39, 0.29) is 24.4 Å². The average molecular weight is 297 g/mol. The first-order valence-corrected chi connectivity index (χ1v) is 8.15. The van der Waals surface area contributed by atoms with Gasteiger partial charge in [0, 0.05) is 19.5 Å². The minimum absolute atomic E-state index is 0.207. The second-order valence-corrected chi connectivity index (χ2v) is 6.16. The molecule has 0 aromatic rings. The highest BCUT2D eigenvalue weighted by Gasteiger charge is 2.26. The number of methoxy groups -OCH3 is 1. The lowest BCUT2D eigenvalue weighted by molar-refractivity contribution is -0.150. The van der Waals surface area contributed by atoms with Gasteiger partial charge in [0.15, 0.2) is 0 Å². The van der Waals surface area contributed by atoms with Crippen LogP contribution in [0.4, 0.5) is 0 Å². The fourth-order valence-electron chi connectivity index (χ4n) is 3.30. The molecule has 0 N–H and O–H groups in total. The van der Waals surface area contributed by atoms with Crippen LogP contribution in [0.25, 0.3) is 0 Å². The Bertz CT molecular complexity index is 352. The molecule has 5 heteroatoms. The van der Waals surface area contributed by atoms with Crippen molar-refractivity contribution in [3.63, 3.8) is 0 Å². The van der Waals surface area contributed by atoms with E-state index in [0.717, 1.165) is 12.3 Å². The van der Waals surface area contributed by atoms with Crippen molar-refractivity contribution in [2.75, 3.05) is 26.8 Å². The number of esters is 1. The molecular weight excluding hydrogens is 270 g/mol. The van der Waals surface area contributed by atoms with E-state index < -0.39 is 0 Å². The molecule has 0 aromatic carbocycles. The molecule has 1 saturated heterocycles. The zero-order valence-electron chi connectivity index (χ0n) is 13.0. The molecule has 0 radical (unpaired) electrons. The molecule has 1 amide bonds. The van der Waals surface area contributed by atoms with Gasteiger partial charge in [-0.25, -0.2) is 0 Å². The summed E-state index contributed by atoms with van der Waals surface area (Å²) in [6, 6.07) is 0. The van der Waals surface area contributed by atoms with Gasteiger partial charge in [-0.1, -0.05) is 32.1 Å². The number of hydrogen-bond acceptors (Lipinski definition) is 4. The third-order valence-electron chi connectivity index (χ3n) is 4.60. The van der Waals surface area contributed by atoms with Crippen LogP contribution in [-0.2, 0) is 19.1 Å². The molecule has 2 rings (SSSR count). The molecule has 5 nitrogen and oxygen atoms in total. The van der Waals surface area contributed by atoms with Crippen LogP contribution in [0.15, 0.2) is 0 Å². The van der Waals surface area contributed by atoms with Gasteiger partial charge in [-0.05, 0) is 12.3 Å². The molecule has 1 aliphatic carbocycles. The molecule has 0 aromatic heterocycles. The second kappa shape index (κ2) is 8.37. The first kappa shape index (κ1) is 16.3. The van der Waals surface area contributed by atoms with Crippen molar-refractivity contribution in [1.82, 2.24) is 4.90 Å². The molecule has 2 fully saturated rings. The molecule has 0 bridgehead atoms. The van der Waals surface area contributed by atoms with Crippen molar-refractivity contribution < 1.29 is 19.1 Å². The van der Waals surface area contributed by atoms with Crippen molar-refractivity contribution in [1.29, 1.82) is 0 Å². The highest BCUT2D eigenvalue weighted by Crippen LogP contribution is 2.27. The third kappa shape index (κ3) is 5.30. The number of nitrogens with zero attached hydrogens (tertiary/aromatic N) is 1. The maximum absolute atomic E-state index is 12.3. The predicted molar refractivity (Wildman–Crippen MR) is 78.8 cm³/mol. The molecule has 120 valence electrons. The summed E-state index contributed by atoms with van der Waals surface area (Å²) in [5.74, 6) is 0.657. The molecule has 21 heavy (non-hydrogen) atoms. The van der Waals surface area contributed by atoms with E-state index in [1.165, 1.54) is 39.2 Å². The van der Waals surface area contributed by atoms with Gasteiger partial charge in [0.25, 0.3) is 0 Å². The van der Waals surface area contributed by atoms with E-state index in [2.05, 4.69) is 4.74 Å². The van der Waals surface area contributed by atoms with Crippen LogP contribution in [-0.4, -0.2) is 49.7 Å². The Labute approximate surface area is 127 Å². The summed E-state index contributed by atoms with van der Waals surface area (Å²) in [4.78, 5) is 25.4. The van der Waals surface area contributed by atoms with E-state index >= 15 is 0 Å². The van der Waals surface area contributed by atoms with Gasteiger partial charge in [-0.15, -0.1) is 0 Å². The number of carbonyl (C=O) groups excluding carboxylic acids is 2. The SMILES string of the molecule is COC(=O)CC1CN(C(=O)CCC2CCCCC2)CCO1. The fraction of sp³-hybridized carbons (Fsp3) is 0.875. The van der Waals surface area contributed by atoms with Crippen LogP contribution in [0.5, 0.6) is 0 Å². The van der Waals surface area contributed by atoms with Crippen molar-refractivity contribution in [2.45, 2.75) is 57.5 Å². The van der Waals surface area contributed by atoms with Crippen molar-refractivity contribution in [3.8, 4) is 0 Å². The lowest BCUT2D eigenvalue weighted by Gasteiger charge is -2.33. The summed E-state index contributed by atoms with van der Waals surface area (Å²) in [5.41, 5.74) is 0. The van der Waals surface area contributed by atoms with Crippen LogP contribution in [0.1, 0.15) is 51.4 Å². The van der Waals surface area contributed by atoms with Gasteiger partial charge < -0.3 is 14.4 Å². The van der Waals surface area contributed by atoms with E-state index in [1.807, 2.05) is 4.90 Å². The number of rotatable bonds is 5. The van der Waals surface area contributed by atoms with Gasteiger partial charge >= 0.3 is 5.97 Å². The van der Waals surface area contributed by atoms with E-state index in [9.17, 15) is 9.59 Å². The van der Waals surface area contributed by atoms with Gasteiger partial charge in [0.05, 0.1) is 26.2 Å². The lowest BCUT2D eigenvalue weighted by Crippen LogP contribution is -2.46. The monoisotopic (exact) mass is 297 g/mol. The van der Waals surface area contributed by atoms with Crippen molar-refractivity contribution >= 4 is 11.9 Å². The highest BCUT2D eigenvalue weighted by molar-refractivity contribution is 5.76. The Morgan fingerprint density at radius 1 is 1.24 bits per heavy atom. The molecular formula is C16H27NO4. The molecule has 1 atom stereocenters. The summed E-state index contributed by atoms with van der Waals surface area (Å²) in [6.07, 6.45) is 8.20. The van der Waals surface area contributed by atoms with Crippen LogP contribution in [0, 0.1) is 5.92 Å². The fourth-order valence-corrected chi connectivity index (χ4v) is 3.30. The summed E-state index contributed by atoms with van der Waals surface area (Å²) in [7, 11) is 1.37. The van der Waals surface area contributed by atoms with Gasteiger partial charge in [0.2, 0.25) is 5.91 Å². The Morgan fingerprint density at radius 3 is 2.71 bits per heavy atom. The van der Waals surface area contributed by atoms with Crippen molar-refractivity contribution in [2.24, 2.45) is 5.92 Å². The summed E-state index contributed by atoms with van der Waals surface area (Å²) in [5, 5.41) is 0. The second-order valence-electron chi connectivity index (χ2n) is 6.16. The molecule has 1 aliphatic heterocycles. The Kier molecular flexibility index (Phi) is 6.49. The van der Waals surface area contributed by atoms with Gasteiger partial charge in [0.1, 0.15) is 0 Å². The first-order chi connectivity index (χ1) is 10.2. The molecule has 1 saturated carbocycles. The Balaban J connectivity index is 1.72. The lowest BCUT2D eigenvalue weighted by atomic mass is 9.86. The molecule has 1 heterocycles. The summed E-state index contributed by atoms with van der Waals surface area (Å²) in [6.45, 7) is 1.66. The largest absolute Gasteiger partial charge is 0.469 e. The number of ether oxygens (including phenoxy) is 2. The number of hydrogen-bond donors (Lipinski definition) is 0. The molecule has 0 spiro atoms. The predicted octanol–water partition coefficient (Wildman–Crippen LogP) is 2.14. The summed E-state index contributed by atoms with van der Waals surface area (Å²) < 4.78 is 10.2. The Morgan fingerprint density at radius 2 is 2.00 bits per heavy atom. The van der Waals surface area contributed by atoms with E-state index in [4.69, 9.17) is 4.74 Å². The normalized spacial score (nSPS) is 23.9. The maximum atomic E-state index is 12.3. The number of carbonyl (C=O) groups is 2.